The average molecular weight is 252 g/mol. The average Bonchev–Trinajstić information content (AvgIpc) is 2.34. The van der Waals surface area contributed by atoms with Crippen LogP contribution in [0, 0.1) is 11.8 Å². The van der Waals surface area contributed by atoms with Gasteiger partial charge in [-0.15, -0.1) is 0 Å². The van der Waals surface area contributed by atoms with Crippen molar-refractivity contribution in [3.63, 3.8) is 0 Å². The molecule has 0 saturated carbocycles. The Morgan fingerprint density at radius 1 is 1.17 bits per heavy atom. The molecular weight excluding hydrogens is 228 g/mol. The van der Waals surface area contributed by atoms with Gasteiger partial charge in [0.25, 0.3) is 0 Å². The fourth-order valence-corrected chi connectivity index (χ4v) is 2.79. The minimum absolute atomic E-state index is 0.198. The second-order valence-electron chi connectivity index (χ2n) is 5.90. The standard InChI is InChI=1S/C14H24N2O2/c1-11-3-6-15(9-12(11)2)10-14(18)16-7-4-13(17)5-8-16/h11-12H,3-10H2,1-2H3. The zero-order chi connectivity index (χ0) is 13.1. The van der Waals surface area contributed by atoms with Gasteiger partial charge in [-0.3, -0.25) is 14.5 Å². The van der Waals surface area contributed by atoms with E-state index in [-0.39, 0.29) is 5.91 Å². The highest BCUT2D eigenvalue weighted by Crippen LogP contribution is 2.22. The van der Waals surface area contributed by atoms with Crippen molar-refractivity contribution < 1.29 is 9.59 Å². The number of likely N-dealkylation sites (tertiary alicyclic amines) is 2. The molecule has 4 heteroatoms. The SMILES string of the molecule is CC1CCN(CC(=O)N2CCC(=O)CC2)CC1C. The zero-order valence-corrected chi connectivity index (χ0v) is 11.5. The van der Waals surface area contributed by atoms with Crippen molar-refractivity contribution >= 4 is 11.7 Å². The minimum atomic E-state index is 0.198. The number of amides is 1. The van der Waals surface area contributed by atoms with Crippen LogP contribution in [0.1, 0.15) is 33.1 Å². The summed E-state index contributed by atoms with van der Waals surface area (Å²) in [5.74, 6) is 1.93. The largest absolute Gasteiger partial charge is 0.341 e. The lowest BCUT2D eigenvalue weighted by molar-refractivity contribution is -0.136. The second kappa shape index (κ2) is 5.83. The summed E-state index contributed by atoms with van der Waals surface area (Å²) in [5, 5.41) is 0. The maximum Gasteiger partial charge on any atom is 0.236 e. The Kier molecular flexibility index (Phi) is 4.38. The van der Waals surface area contributed by atoms with Gasteiger partial charge in [0.05, 0.1) is 6.54 Å². The Morgan fingerprint density at radius 2 is 1.83 bits per heavy atom. The van der Waals surface area contributed by atoms with Gasteiger partial charge in [-0.25, -0.2) is 0 Å². The number of rotatable bonds is 2. The van der Waals surface area contributed by atoms with E-state index >= 15 is 0 Å². The number of carbonyl (C=O) groups excluding carboxylic acids is 2. The normalized spacial score (nSPS) is 30.6. The summed E-state index contributed by atoms with van der Waals surface area (Å²) < 4.78 is 0. The van der Waals surface area contributed by atoms with E-state index in [1.54, 1.807) is 0 Å². The van der Waals surface area contributed by atoms with Crippen LogP contribution in [0.15, 0.2) is 0 Å². The molecule has 102 valence electrons. The van der Waals surface area contributed by atoms with Gasteiger partial charge in [-0.1, -0.05) is 13.8 Å². The zero-order valence-electron chi connectivity index (χ0n) is 11.5. The molecule has 0 bridgehead atoms. The lowest BCUT2D eigenvalue weighted by Crippen LogP contribution is -2.47. The molecule has 0 aromatic carbocycles. The van der Waals surface area contributed by atoms with Crippen LogP contribution in [0.2, 0.25) is 0 Å². The van der Waals surface area contributed by atoms with Crippen LogP contribution in [0.3, 0.4) is 0 Å². The van der Waals surface area contributed by atoms with E-state index in [0.717, 1.165) is 19.0 Å². The van der Waals surface area contributed by atoms with Gasteiger partial charge in [-0.05, 0) is 24.8 Å². The van der Waals surface area contributed by atoms with Crippen LogP contribution in [-0.2, 0) is 9.59 Å². The molecule has 2 atom stereocenters. The van der Waals surface area contributed by atoms with Gasteiger partial charge in [0.15, 0.2) is 0 Å². The Morgan fingerprint density at radius 3 is 2.44 bits per heavy atom. The summed E-state index contributed by atoms with van der Waals surface area (Å²) in [5.41, 5.74) is 0. The van der Waals surface area contributed by atoms with Gasteiger partial charge in [0.1, 0.15) is 5.78 Å². The molecular formula is C14H24N2O2. The van der Waals surface area contributed by atoms with Crippen molar-refractivity contribution in [1.29, 1.82) is 0 Å². The molecule has 0 spiro atoms. The van der Waals surface area contributed by atoms with Gasteiger partial charge in [0, 0.05) is 32.5 Å². The Balaban J connectivity index is 1.79. The van der Waals surface area contributed by atoms with Crippen molar-refractivity contribution in [2.75, 3.05) is 32.7 Å². The molecule has 2 aliphatic heterocycles. The van der Waals surface area contributed by atoms with Crippen molar-refractivity contribution in [1.82, 2.24) is 9.80 Å². The number of piperidine rings is 2. The molecule has 2 aliphatic rings. The van der Waals surface area contributed by atoms with E-state index in [0.29, 0.717) is 44.2 Å². The molecule has 0 aliphatic carbocycles. The molecule has 0 aromatic heterocycles. The van der Waals surface area contributed by atoms with E-state index in [9.17, 15) is 9.59 Å². The summed E-state index contributed by atoms with van der Waals surface area (Å²) >= 11 is 0. The molecule has 4 nitrogen and oxygen atoms in total. The quantitative estimate of drug-likeness (QED) is 0.740. The van der Waals surface area contributed by atoms with Crippen molar-refractivity contribution in [2.45, 2.75) is 33.1 Å². The monoisotopic (exact) mass is 252 g/mol. The maximum atomic E-state index is 12.1. The van der Waals surface area contributed by atoms with Crippen LogP contribution >= 0.6 is 0 Å². The van der Waals surface area contributed by atoms with Gasteiger partial charge < -0.3 is 4.90 Å². The fraction of sp³-hybridized carbons (Fsp3) is 0.857. The summed E-state index contributed by atoms with van der Waals surface area (Å²) in [6, 6.07) is 0. The van der Waals surface area contributed by atoms with Crippen LogP contribution in [0.5, 0.6) is 0 Å². The number of ketones is 1. The first kappa shape index (κ1) is 13.5. The lowest BCUT2D eigenvalue weighted by Gasteiger charge is -2.36. The Bertz CT molecular complexity index is 320. The topological polar surface area (TPSA) is 40.6 Å². The number of hydrogen-bond donors (Lipinski definition) is 0. The third-order valence-corrected chi connectivity index (χ3v) is 4.45. The van der Waals surface area contributed by atoms with Crippen molar-refractivity contribution in [3.05, 3.63) is 0 Å². The first-order chi connectivity index (χ1) is 8.56. The van der Waals surface area contributed by atoms with E-state index < -0.39 is 0 Å². The van der Waals surface area contributed by atoms with Crippen molar-refractivity contribution in [2.24, 2.45) is 11.8 Å². The lowest BCUT2D eigenvalue weighted by atomic mass is 9.89. The highest BCUT2D eigenvalue weighted by atomic mass is 16.2. The van der Waals surface area contributed by atoms with Crippen LogP contribution in [-0.4, -0.2) is 54.2 Å². The second-order valence-corrected chi connectivity index (χ2v) is 5.90. The highest BCUT2D eigenvalue weighted by Gasteiger charge is 2.26. The van der Waals surface area contributed by atoms with Crippen LogP contribution in [0.25, 0.3) is 0 Å². The fourth-order valence-electron chi connectivity index (χ4n) is 2.79. The Labute approximate surface area is 109 Å². The van der Waals surface area contributed by atoms with Crippen molar-refractivity contribution in [3.8, 4) is 0 Å². The molecule has 2 saturated heterocycles. The highest BCUT2D eigenvalue weighted by molar-refractivity contribution is 5.84. The molecule has 0 radical (unpaired) electrons. The predicted octanol–water partition coefficient (Wildman–Crippen LogP) is 1.16. The first-order valence-electron chi connectivity index (χ1n) is 7.08. The van der Waals surface area contributed by atoms with E-state index in [2.05, 4.69) is 18.7 Å². The summed E-state index contributed by atoms with van der Waals surface area (Å²) in [4.78, 5) is 27.4. The van der Waals surface area contributed by atoms with E-state index in [1.807, 2.05) is 4.90 Å². The number of carbonyl (C=O) groups is 2. The number of Topliss-reactive ketones (excluding diaryl/α,β-unsaturated/α-hetero) is 1. The van der Waals surface area contributed by atoms with Crippen LogP contribution < -0.4 is 0 Å². The molecule has 2 unspecified atom stereocenters. The molecule has 2 rings (SSSR count). The molecule has 1 amide bonds. The predicted molar refractivity (Wildman–Crippen MR) is 70.2 cm³/mol. The molecule has 2 fully saturated rings. The minimum Gasteiger partial charge on any atom is -0.341 e. The maximum absolute atomic E-state index is 12.1. The van der Waals surface area contributed by atoms with Gasteiger partial charge >= 0.3 is 0 Å². The third-order valence-electron chi connectivity index (χ3n) is 4.45. The van der Waals surface area contributed by atoms with E-state index in [1.165, 1.54) is 6.42 Å². The summed E-state index contributed by atoms with van der Waals surface area (Å²) in [7, 11) is 0. The van der Waals surface area contributed by atoms with Crippen LogP contribution in [0.4, 0.5) is 0 Å². The third kappa shape index (κ3) is 3.31. The number of hydrogen-bond acceptors (Lipinski definition) is 3. The Hall–Kier alpha value is -0.900. The van der Waals surface area contributed by atoms with E-state index in [4.69, 9.17) is 0 Å². The number of nitrogens with zero attached hydrogens (tertiary/aromatic N) is 2. The smallest absolute Gasteiger partial charge is 0.236 e. The molecule has 0 aromatic rings. The van der Waals surface area contributed by atoms with Gasteiger partial charge in [-0.2, -0.15) is 0 Å². The first-order valence-corrected chi connectivity index (χ1v) is 7.08. The van der Waals surface area contributed by atoms with Gasteiger partial charge in [0.2, 0.25) is 5.91 Å². The molecule has 18 heavy (non-hydrogen) atoms. The molecule has 0 N–H and O–H groups in total. The molecule has 2 heterocycles. The summed E-state index contributed by atoms with van der Waals surface area (Å²) in [6.45, 7) is 8.39. The summed E-state index contributed by atoms with van der Waals surface area (Å²) in [6.07, 6.45) is 2.27.